The number of hydrogen-bond donors (Lipinski definition) is 0. The SMILES string of the molecule is O.O.O.O.O=[As]([O-])([O-])[O-].[Cu]. The van der Waals surface area contributed by atoms with Crippen LogP contribution in [0.25, 0.3) is 0 Å². The molecule has 8 N–H and O–H groups in total. The van der Waals surface area contributed by atoms with Crippen LogP contribution in [0, 0.1) is 0 Å². The topological polar surface area (TPSA) is 212 Å². The molecule has 10 heteroatoms. The fraction of sp³-hybridized carbons (Fsp3) is 0. The molecule has 0 aliphatic carbocycles. The molecule has 0 fully saturated rings. The molecule has 0 saturated carbocycles. The Labute approximate surface area is 69.9 Å². The molecule has 0 aliphatic rings. The first-order valence-electron chi connectivity index (χ1n) is 0.730. The molecule has 1 radical (unpaired) electrons. The number of hydrogen-bond acceptors (Lipinski definition) is 4. The Hall–Kier alpha value is 0.598. The molecular weight excluding hydrogens is 266 g/mol. The van der Waals surface area contributed by atoms with Gasteiger partial charge in [0.1, 0.15) is 0 Å². The largest absolute Gasteiger partial charge is 0 e. The van der Waals surface area contributed by atoms with Gasteiger partial charge < -0.3 is 21.9 Å². The van der Waals surface area contributed by atoms with Crippen molar-refractivity contribution in [3.63, 3.8) is 0 Å². The summed E-state index contributed by atoms with van der Waals surface area (Å²) in [5.74, 6) is 0. The van der Waals surface area contributed by atoms with Gasteiger partial charge in [-0.15, -0.1) is 0 Å². The van der Waals surface area contributed by atoms with Gasteiger partial charge in [0.25, 0.3) is 0 Å². The second kappa shape index (κ2) is 16.3. The van der Waals surface area contributed by atoms with Crippen LogP contribution in [-0.2, 0) is 20.8 Å². The summed E-state index contributed by atoms with van der Waals surface area (Å²) in [5.41, 5.74) is 0. The van der Waals surface area contributed by atoms with Gasteiger partial charge in [0, 0.05) is 17.1 Å². The monoisotopic (exact) mass is 274 g/mol. The van der Waals surface area contributed by atoms with Gasteiger partial charge in [0.05, 0.1) is 0 Å². The van der Waals surface area contributed by atoms with Gasteiger partial charge in [-0.1, -0.05) is 0 Å². The molecular formula is H8AsCuO8-3. The van der Waals surface area contributed by atoms with Gasteiger partial charge in [-0.05, 0) is 0 Å². The average molecular weight is 275 g/mol. The maximum Gasteiger partial charge on any atom is 0 e. The zero-order valence-electron chi connectivity index (χ0n) is 4.38. The third-order valence-electron chi connectivity index (χ3n) is 0. The van der Waals surface area contributed by atoms with Crippen molar-refractivity contribution in [2.75, 3.05) is 0 Å². The molecule has 0 aliphatic heterocycles. The van der Waals surface area contributed by atoms with Crippen LogP contribution in [0.4, 0.5) is 0 Å². The molecule has 0 rings (SSSR count). The molecule has 0 aromatic heterocycles. The third kappa shape index (κ3) is 1390. The first kappa shape index (κ1) is 46.2. The van der Waals surface area contributed by atoms with E-state index in [1.165, 1.54) is 0 Å². The molecule has 0 bridgehead atoms. The summed E-state index contributed by atoms with van der Waals surface area (Å²) in [6.07, 6.45) is 0. The van der Waals surface area contributed by atoms with E-state index in [0.29, 0.717) is 0 Å². The van der Waals surface area contributed by atoms with Crippen molar-refractivity contribution in [3.05, 3.63) is 0 Å². The molecule has 10 heavy (non-hydrogen) atoms. The summed E-state index contributed by atoms with van der Waals surface area (Å²) in [4.78, 5) is 0. The van der Waals surface area contributed by atoms with Gasteiger partial charge in [-0.25, -0.2) is 0 Å². The Morgan fingerprint density at radius 3 is 0.800 bits per heavy atom. The van der Waals surface area contributed by atoms with Crippen molar-refractivity contribution in [2.24, 2.45) is 0 Å². The Bertz CT molecular complexity index is 55.4. The average Bonchev–Trinajstić information content (AvgIpc) is 0.722. The quantitative estimate of drug-likeness (QED) is 0.393. The fourth-order valence-electron chi connectivity index (χ4n) is 0. The van der Waals surface area contributed by atoms with E-state index >= 15 is 0 Å². The normalized spacial score (nSPS) is 5.90. The standard InChI is InChI=1S/AsH3O4.Cu.4H2O/c2-1(3,4)5;;;;;/h(H3,2,3,4,5);;4*1H2/p-3. The maximum atomic E-state index is 8.61. The van der Waals surface area contributed by atoms with Crippen molar-refractivity contribution in [2.45, 2.75) is 0 Å². The van der Waals surface area contributed by atoms with Gasteiger partial charge >= 0.3 is 30.5 Å². The van der Waals surface area contributed by atoms with Gasteiger partial charge in [0.2, 0.25) is 0 Å². The van der Waals surface area contributed by atoms with Crippen molar-refractivity contribution in [1.29, 1.82) is 0 Å². The Kier molecular flexibility index (Phi) is 75.3. The van der Waals surface area contributed by atoms with Crippen molar-refractivity contribution < 1.29 is 55.0 Å². The number of rotatable bonds is 0. The molecule has 75 valence electrons. The Morgan fingerprint density at radius 1 is 0.800 bits per heavy atom. The molecule has 0 heterocycles. The first-order valence-corrected chi connectivity index (χ1v) is 3.79. The van der Waals surface area contributed by atoms with Crippen LogP contribution in [0.5, 0.6) is 0 Å². The molecule has 0 aromatic rings. The smallest absolute Gasteiger partial charge is 0 e. The molecule has 0 unspecified atom stereocenters. The van der Waals surface area contributed by atoms with Gasteiger partial charge in [-0.2, -0.15) is 0 Å². The van der Waals surface area contributed by atoms with Crippen molar-refractivity contribution in [3.8, 4) is 0 Å². The summed E-state index contributed by atoms with van der Waals surface area (Å²) < 4.78 is 34.4. The molecule has 0 spiro atoms. The maximum absolute atomic E-state index is 8.61. The summed E-state index contributed by atoms with van der Waals surface area (Å²) >= 11 is -5.88. The van der Waals surface area contributed by atoms with E-state index in [1.54, 1.807) is 0 Å². The van der Waals surface area contributed by atoms with Crippen LogP contribution in [0.2, 0.25) is 0 Å². The summed E-state index contributed by atoms with van der Waals surface area (Å²) in [7, 11) is 0. The second-order valence-electron chi connectivity index (χ2n) is 0.447. The van der Waals surface area contributed by atoms with Crippen LogP contribution in [0.15, 0.2) is 0 Å². The van der Waals surface area contributed by atoms with Crippen LogP contribution >= 0.6 is 0 Å². The van der Waals surface area contributed by atoms with Crippen LogP contribution in [-0.4, -0.2) is 36.4 Å². The Morgan fingerprint density at radius 2 is 0.800 bits per heavy atom. The zero-order chi connectivity index (χ0) is 4.50. The second-order valence-corrected chi connectivity index (χ2v) is 2.32. The van der Waals surface area contributed by atoms with E-state index < -0.39 is 14.5 Å². The van der Waals surface area contributed by atoms with E-state index in [0.717, 1.165) is 0 Å². The summed E-state index contributed by atoms with van der Waals surface area (Å²) in [6.45, 7) is 0. The third-order valence-corrected chi connectivity index (χ3v) is 0. The van der Waals surface area contributed by atoms with Crippen LogP contribution in [0.1, 0.15) is 0 Å². The minimum atomic E-state index is -5.88. The van der Waals surface area contributed by atoms with E-state index in [9.17, 15) is 0 Å². The zero-order valence-corrected chi connectivity index (χ0v) is 7.20. The molecule has 0 aromatic carbocycles. The van der Waals surface area contributed by atoms with Gasteiger partial charge in [-0.3, -0.25) is 0 Å². The fourth-order valence-corrected chi connectivity index (χ4v) is 0. The Balaban J connectivity index is -0.00000000800. The molecule has 0 saturated heterocycles. The predicted octanol–water partition coefficient (Wildman–Crippen LogP) is -7.37. The van der Waals surface area contributed by atoms with E-state index in [-0.39, 0.29) is 39.0 Å². The first-order chi connectivity index (χ1) is 2.00. The predicted molar refractivity (Wildman–Crippen MR) is 20.9 cm³/mol. The van der Waals surface area contributed by atoms with Crippen molar-refractivity contribution in [1.82, 2.24) is 0 Å². The van der Waals surface area contributed by atoms with Gasteiger partial charge in [0.15, 0.2) is 0 Å². The molecule has 0 atom stereocenters. The van der Waals surface area contributed by atoms with Crippen LogP contribution < -0.4 is 12.3 Å². The van der Waals surface area contributed by atoms with E-state index in [4.69, 9.17) is 16.0 Å². The van der Waals surface area contributed by atoms with E-state index in [2.05, 4.69) is 0 Å². The molecule has 0 amide bonds. The minimum Gasteiger partial charge on any atom is 0 e. The van der Waals surface area contributed by atoms with Crippen molar-refractivity contribution >= 4 is 14.5 Å². The molecule has 8 nitrogen and oxygen atoms in total. The summed E-state index contributed by atoms with van der Waals surface area (Å²) in [5, 5.41) is 0. The van der Waals surface area contributed by atoms with Crippen LogP contribution in [0.3, 0.4) is 0 Å². The minimum absolute atomic E-state index is 0. The summed E-state index contributed by atoms with van der Waals surface area (Å²) in [6, 6.07) is 0. The van der Waals surface area contributed by atoms with E-state index in [1.807, 2.05) is 0 Å².